The van der Waals surface area contributed by atoms with Gasteiger partial charge in [-0.1, -0.05) is 24.3 Å². The Labute approximate surface area is 96.1 Å². The zero-order valence-corrected chi connectivity index (χ0v) is 9.11. The van der Waals surface area contributed by atoms with E-state index < -0.39 is 0 Å². The van der Waals surface area contributed by atoms with Crippen molar-refractivity contribution in [3.63, 3.8) is 0 Å². The van der Waals surface area contributed by atoms with Gasteiger partial charge < -0.3 is 5.73 Å². The highest BCUT2D eigenvalue weighted by molar-refractivity contribution is 6.99. The van der Waals surface area contributed by atoms with Gasteiger partial charge in [-0.05, 0) is 12.1 Å². The predicted octanol–water partition coefficient (Wildman–Crippen LogP) is 2.34. The summed E-state index contributed by atoms with van der Waals surface area (Å²) in [6.45, 7) is 0. The molecule has 3 rings (SSSR count). The van der Waals surface area contributed by atoms with Crippen LogP contribution in [0.5, 0.6) is 0 Å². The summed E-state index contributed by atoms with van der Waals surface area (Å²) in [5.74, 6) is 0.438. The number of hydrogen-bond acceptors (Lipinski definition) is 5. The molecule has 0 bridgehead atoms. The molecule has 0 saturated heterocycles. The number of rotatable bonds is 1. The van der Waals surface area contributed by atoms with E-state index in [0.29, 0.717) is 11.5 Å². The first kappa shape index (κ1) is 9.23. The fraction of sp³-hybridized carbons (Fsp3) is 0. The number of nitrogens with zero attached hydrogens (tertiary/aromatic N) is 3. The quantitative estimate of drug-likeness (QED) is 0.694. The molecule has 4 nitrogen and oxygen atoms in total. The van der Waals surface area contributed by atoms with Crippen molar-refractivity contribution in [2.45, 2.75) is 0 Å². The zero-order chi connectivity index (χ0) is 11.0. The maximum atomic E-state index is 5.71. The monoisotopic (exact) mass is 228 g/mol. The van der Waals surface area contributed by atoms with Crippen LogP contribution in [0.2, 0.25) is 0 Å². The molecule has 0 saturated carbocycles. The van der Waals surface area contributed by atoms with Crippen LogP contribution >= 0.6 is 11.7 Å². The number of pyridine rings is 1. The number of aromatic nitrogens is 3. The van der Waals surface area contributed by atoms with E-state index in [1.165, 1.54) is 0 Å². The van der Waals surface area contributed by atoms with E-state index >= 15 is 0 Å². The van der Waals surface area contributed by atoms with Gasteiger partial charge in [-0.2, -0.15) is 8.75 Å². The van der Waals surface area contributed by atoms with E-state index in [2.05, 4.69) is 13.7 Å². The molecule has 78 valence electrons. The normalized spacial score (nSPS) is 10.8. The van der Waals surface area contributed by atoms with Crippen molar-refractivity contribution in [2.75, 3.05) is 5.73 Å². The van der Waals surface area contributed by atoms with Gasteiger partial charge >= 0.3 is 0 Å². The summed E-state index contributed by atoms with van der Waals surface area (Å²) >= 11 is 1.10. The average Bonchev–Trinajstić information content (AvgIpc) is 2.75. The minimum atomic E-state index is 0.438. The summed E-state index contributed by atoms with van der Waals surface area (Å²) in [7, 11) is 0. The largest absolute Gasteiger partial charge is 0.381 e. The van der Waals surface area contributed by atoms with E-state index in [4.69, 9.17) is 5.73 Å². The van der Waals surface area contributed by atoms with Gasteiger partial charge in [0.2, 0.25) is 0 Å². The smallest absolute Gasteiger partial charge is 0.167 e. The van der Waals surface area contributed by atoms with Crippen molar-refractivity contribution in [3.05, 3.63) is 36.4 Å². The van der Waals surface area contributed by atoms with Crippen molar-refractivity contribution in [1.82, 2.24) is 13.7 Å². The molecule has 0 amide bonds. The standard InChI is InChI=1S/C11H8N4S/c12-11-10(14-16-15-11)9-6-5-7-3-1-2-4-8(7)13-9/h1-6H,(H2,12,15). The number of para-hydroxylation sites is 1. The fourth-order valence-electron chi connectivity index (χ4n) is 1.57. The Morgan fingerprint density at radius 3 is 2.69 bits per heavy atom. The lowest BCUT2D eigenvalue weighted by molar-refractivity contribution is 1.36. The minimum absolute atomic E-state index is 0.438. The highest BCUT2D eigenvalue weighted by Crippen LogP contribution is 2.23. The third-order valence-corrected chi connectivity index (χ3v) is 2.90. The summed E-state index contributed by atoms with van der Waals surface area (Å²) in [5.41, 5.74) is 8.08. The molecule has 16 heavy (non-hydrogen) atoms. The van der Waals surface area contributed by atoms with E-state index in [-0.39, 0.29) is 0 Å². The predicted molar refractivity (Wildman–Crippen MR) is 65.1 cm³/mol. The Morgan fingerprint density at radius 1 is 1.00 bits per heavy atom. The number of hydrogen-bond donors (Lipinski definition) is 1. The minimum Gasteiger partial charge on any atom is -0.381 e. The average molecular weight is 228 g/mol. The number of fused-ring (bicyclic) bond motifs is 1. The second kappa shape index (κ2) is 3.53. The number of nitrogens with two attached hydrogens (primary N) is 1. The van der Waals surface area contributed by atoms with Gasteiger partial charge in [0.25, 0.3) is 0 Å². The molecule has 0 fully saturated rings. The molecular formula is C11H8N4S. The van der Waals surface area contributed by atoms with Crippen LogP contribution in [0.15, 0.2) is 36.4 Å². The molecule has 1 aromatic carbocycles. The van der Waals surface area contributed by atoms with E-state index in [9.17, 15) is 0 Å². The molecule has 0 spiro atoms. The Morgan fingerprint density at radius 2 is 1.88 bits per heavy atom. The Balaban J connectivity index is 2.23. The summed E-state index contributed by atoms with van der Waals surface area (Å²) in [6.07, 6.45) is 0. The Kier molecular flexibility index (Phi) is 2.04. The van der Waals surface area contributed by atoms with Crippen LogP contribution in [-0.2, 0) is 0 Å². The van der Waals surface area contributed by atoms with Crippen LogP contribution in [0.4, 0.5) is 5.82 Å². The number of anilines is 1. The van der Waals surface area contributed by atoms with Crippen molar-refractivity contribution in [3.8, 4) is 11.4 Å². The third kappa shape index (κ3) is 1.42. The van der Waals surface area contributed by atoms with Crippen LogP contribution in [0, 0.1) is 0 Å². The van der Waals surface area contributed by atoms with Crippen molar-refractivity contribution < 1.29 is 0 Å². The molecule has 0 unspecified atom stereocenters. The van der Waals surface area contributed by atoms with Gasteiger partial charge in [-0.25, -0.2) is 4.98 Å². The number of nitrogen functional groups attached to an aromatic ring is 1. The van der Waals surface area contributed by atoms with Gasteiger partial charge in [0, 0.05) is 5.39 Å². The van der Waals surface area contributed by atoms with Crippen molar-refractivity contribution in [2.24, 2.45) is 0 Å². The first-order valence-corrected chi connectivity index (χ1v) is 5.52. The van der Waals surface area contributed by atoms with E-state index in [1.807, 2.05) is 36.4 Å². The lowest BCUT2D eigenvalue weighted by atomic mass is 10.2. The van der Waals surface area contributed by atoms with Crippen LogP contribution in [0.3, 0.4) is 0 Å². The highest BCUT2D eigenvalue weighted by Gasteiger charge is 2.08. The molecule has 0 radical (unpaired) electrons. The molecule has 2 heterocycles. The van der Waals surface area contributed by atoms with Crippen LogP contribution in [-0.4, -0.2) is 13.7 Å². The highest BCUT2D eigenvalue weighted by atomic mass is 32.1. The zero-order valence-electron chi connectivity index (χ0n) is 8.29. The molecule has 5 heteroatoms. The molecule has 0 aliphatic carbocycles. The van der Waals surface area contributed by atoms with Gasteiger partial charge in [-0.15, -0.1) is 0 Å². The lowest BCUT2D eigenvalue weighted by Gasteiger charge is -2.00. The Hall–Kier alpha value is -2.01. The molecule has 2 aromatic heterocycles. The second-order valence-corrected chi connectivity index (χ2v) is 3.92. The van der Waals surface area contributed by atoms with Gasteiger partial charge in [-0.3, -0.25) is 0 Å². The van der Waals surface area contributed by atoms with E-state index in [0.717, 1.165) is 28.3 Å². The summed E-state index contributed by atoms with van der Waals surface area (Å²) < 4.78 is 8.08. The summed E-state index contributed by atoms with van der Waals surface area (Å²) in [6, 6.07) is 11.9. The van der Waals surface area contributed by atoms with Gasteiger partial charge in [0.15, 0.2) is 5.82 Å². The molecule has 0 aliphatic heterocycles. The molecule has 3 aromatic rings. The summed E-state index contributed by atoms with van der Waals surface area (Å²) in [4.78, 5) is 4.50. The third-order valence-electron chi connectivity index (χ3n) is 2.35. The first-order chi connectivity index (χ1) is 7.84. The maximum absolute atomic E-state index is 5.71. The Bertz CT molecular complexity index is 647. The van der Waals surface area contributed by atoms with E-state index in [1.54, 1.807) is 0 Å². The molecule has 0 atom stereocenters. The molecule has 0 aliphatic rings. The van der Waals surface area contributed by atoms with Crippen LogP contribution in [0.25, 0.3) is 22.3 Å². The lowest BCUT2D eigenvalue weighted by Crippen LogP contribution is -1.91. The van der Waals surface area contributed by atoms with Crippen LogP contribution < -0.4 is 5.73 Å². The first-order valence-electron chi connectivity index (χ1n) is 4.79. The van der Waals surface area contributed by atoms with Gasteiger partial charge in [0.05, 0.1) is 22.9 Å². The SMILES string of the molecule is Nc1nsnc1-c1ccc2ccccc2n1. The van der Waals surface area contributed by atoms with Crippen molar-refractivity contribution in [1.29, 1.82) is 0 Å². The second-order valence-electron chi connectivity index (χ2n) is 3.39. The van der Waals surface area contributed by atoms with Gasteiger partial charge in [0.1, 0.15) is 5.69 Å². The molecular weight excluding hydrogens is 220 g/mol. The molecule has 2 N–H and O–H groups in total. The fourth-order valence-corrected chi connectivity index (χ4v) is 2.06. The van der Waals surface area contributed by atoms with Crippen molar-refractivity contribution >= 4 is 28.4 Å². The maximum Gasteiger partial charge on any atom is 0.167 e. The topological polar surface area (TPSA) is 64.7 Å². The number of benzene rings is 1. The summed E-state index contributed by atoms with van der Waals surface area (Å²) in [5, 5.41) is 1.10. The van der Waals surface area contributed by atoms with Crippen LogP contribution in [0.1, 0.15) is 0 Å².